The highest BCUT2D eigenvalue weighted by atomic mass is 16.5. The van der Waals surface area contributed by atoms with E-state index in [2.05, 4.69) is 23.3 Å². The number of nitriles is 1. The summed E-state index contributed by atoms with van der Waals surface area (Å²) < 4.78 is 5.70. The van der Waals surface area contributed by atoms with Crippen LogP contribution < -0.4 is 10.1 Å². The molecule has 1 N–H and O–H groups in total. The summed E-state index contributed by atoms with van der Waals surface area (Å²) in [5.74, 6) is 0.767. The van der Waals surface area contributed by atoms with Crippen molar-refractivity contribution in [3.63, 3.8) is 0 Å². The van der Waals surface area contributed by atoms with Gasteiger partial charge in [-0.2, -0.15) is 5.26 Å². The molecule has 98 valence electrons. The van der Waals surface area contributed by atoms with Gasteiger partial charge in [0.2, 0.25) is 0 Å². The Balaban J connectivity index is 2.59. The van der Waals surface area contributed by atoms with Crippen LogP contribution in [0.25, 0.3) is 10.9 Å². The number of ether oxygens (including phenoxy) is 1. The molecule has 0 saturated carbocycles. The number of pyridine rings is 1. The topological polar surface area (TPSA) is 57.9 Å². The maximum Gasteiger partial charge on any atom is 0.145 e. The molecule has 0 saturated heterocycles. The second kappa shape index (κ2) is 6.05. The lowest BCUT2D eigenvalue weighted by Gasteiger charge is -2.12. The summed E-state index contributed by atoms with van der Waals surface area (Å²) in [7, 11) is 0. The average Bonchev–Trinajstić information content (AvgIpc) is 2.45. The number of para-hydroxylation sites is 1. The zero-order chi connectivity index (χ0) is 13.7. The summed E-state index contributed by atoms with van der Waals surface area (Å²) in [6, 6.07) is 7.96. The summed E-state index contributed by atoms with van der Waals surface area (Å²) >= 11 is 0. The van der Waals surface area contributed by atoms with Gasteiger partial charge in [0.05, 0.1) is 17.9 Å². The predicted octanol–water partition coefficient (Wildman–Crippen LogP) is 3.33. The summed E-state index contributed by atoms with van der Waals surface area (Å²) in [4.78, 5) is 4.36. The standard InChI is InChI=1S/C15H17N3O/c1-3-8-19-13-7-5-6-12-14(17-4-2)11(9-16)10-18-15(12)13/h5-7,10H,3-4,8H2,1-2H3,(H,17,18). The quantitative estimate of drug-likeness (QED) is 0.890. The van der Waals surface area contributed by atoms with Crippen molar-refractivity contribution < 1.29 is 4.74 Å². The third kappa shape index (κ3) is 2.60. The van der Waals surface area contributed by atoms with Crippen LogP contribution in [0.5, 0.6) is 5.75 Å². The molecule has 4 heteroatoms. The third-order valence-electron chi connectivity index (χ3n) is 2.80. The third-order valence-corrected chi connectivity index (χ3v) is 2.80. The predicted molar refractivity (Wildman–Crippen MR) is 76.4 cm³/mol. The van der Waals surface area contributed by atoms with Crippen molar-refractivity contribution in [3.8, 4) is 11.8 Å². The van der Waals surface area contributed by atoms with E-state index >= 15 is 0 Å². The van der Waals surface area contributed by atoms with Gasteiger partial charge < -0.3 is 10.1 Å². The number of fused-ring (bicyclic) bond motifs is 1. The maximum absolute atomic E-state index is 9.15. The Morgan fingerprint density at radius 2 is 2.21 bits per heavy atom. The Bertz CT molecular complexity index is 617. The molecule has 0 aliphatic rings. The first-order valence-corrected chi connectivity index (χ1v) is 6.50. The van der Waals surface area contributed by atoms with Crippen LogP contribution in [0, 0.1) is 11.3 Å². The van der Waals surface area contributed by atoms with Gasteiger partial charge in [-0.25, -0.2) is 0 Å². The summed E-state index contributed by atoms with van der Waals surface area (Å²) in [6.07, 6.45) is 2.55. The zero-order valence-electron chi connectivity index (χ0n) is 11.2. The normalized spacial score (nSPS) is 10.2. The lowest BCUT2D eigenvalue weighted by atomic mass is 10.1. The molecule has 0 fully saturated rings. The van der Waals surface area contributed by atoms with Gasteiger partial charge in [-0.15, -0.1) is 0 Å². The molecule has 0 unspecified atom stereocenters. The van der Waals surface area contributed by atoms with Crippen LogP contribution in [0.15, 0.2) is 24.4 Å². The van der Waals surface area contributed by atoms with Crippen molar-refractivity contribution in [2.45, 2.75) is 20.3 Å². The highest BCUT2D eigenvalue weighted by Crippen LogP contribution is 2.31. The van der Waals surface area contributed by atoms with Gasteiger partial charge in [0.15, 0.2) is 0 Å². The van der Waals surface area contributed by atoms with Crippen molar-refractivity contribution in [2.75, 3.05) is 18.5 Å². The molecule has 4 nitrogen and oxygen atoms in total. The van der Waals surface area contributed by atoms with Crippen molar-refractivity contribution in [1.82, 2.24) is 4.98 Å². The van der Waals surface area contributed by atoms with E-state index < -0.39 is 0 Å². The first-order chi connectivity index (χ1) is 9.31. The number of aromatic nitrogens is 1. The minimum Gasteiger partial charge on any atom is -0.491 e. The minimum absolute atomic E-state index is 0.557. The Kier molecular flexibility index (Phi) is 4.19. The Hall–Kier alpha value is -2.28. The van der Waals surface area contributed by atoms with Gasteiger partial charge >= 0.3 is 0 Å². The average molecular weight is 255 g/mol. The van der Waals surface area contributed by atoms with Crippen molar-refractivity contribution >= 4 is 16.6 Å². The van der Waals surface area contributed by atoms with Crippen LogP contribution in [0.1, 0.15) is 25.8 Å². The van der Waals surface area contributed by atoms with Crippen LogP contribution >= 0.6 is 0 Å². The highest BCUT2D eigenvalue weighted by Gasteiger charge is 2.11. The van der Waals surface area contributed by atoms with E-state index in [1.165, 1.54) is 0 Å². The zero-order valence-corrected chi connectivity index (χ0v) is 11.2. The molecular weight excluding hydrogens is 238 g/mol. The van der Waals surface area contributed by atoms with E-state index in [0.29, 0.717) is 12.2 Å². The van der Waals surface area contributed by atoms with E-state index in [4.69, 9.17) is 10.00 Å². The highest BCUT2D eigenvalue weighted by molar-refractivity contribution is 5.97. The molecule has 1 heterocycles. The Morgan fingerprint density at radius 3 is 2.89 bits per heavy atom. The van der Waals surface area contributed by atoms with E-state index in [-0.39, 0.29) is 0 Å². The molecule has 0 spiro atoms. The van der Waals surface area contributed by atoms with Gasteiger partial charge in [-0.1, -0.05) is 19.1 Å². The van der Waals surface area contributed by atoms with Crippen LogP contribution in [0.3, 0.4) is 0 Å². The Labute approximate surface area is 113 Å². The van der Waals surface area contributed by atoms with E-state index in [1.54, 1.807) is 6.20 Å². The van der Waals surface area contributed by atoms with Gasteiger partial charge in [0.1, 0.15) is 17.3 Å². The largest absolute Gasteiger partial charge is 0.491 e. The lowest BCUT2D eigenvalue weighted by Crippen LogP contribution is -2.02. The molecule has 1 aromatic heterocycles. The Morgan fingerprint density at radius 1 is 1.37 bits per heavy atom. The molecule has 1 aromatic carbocycles. The SMILES string of the molecule is CCCOc1cccc2c(NCC)c(C#N)cnc12. The molecular formula is C15H17N3O. The molecule has 0 amide bonds. The molecule has 2 rings (SSSR count). The van der Waals surface area contributed by atoms with Crippen LogP contribution in [0.2, 0.25) is 0 Å². The smallest absolute Gasteiger partial charge is 0.145 e. The molecule has 0 aliphatic heterocycles. The fraction of sp³-hybridized carbons (Fsp3) is 0.333. The monoisotopic (exact) mass is 255 g/mol. The molecule has 19 heavy (non-hydrogen) atoms. The maximum atomic E-state index is 9.15. The fourth-order valence-electron chi connectivity index (χ4n) is 1.98. The second-order valence-corrected chi connectivity index (χ2v) is 4.19. The van der Waals surface area contributed by atoms with Crippen LogP contribution in [-0.4, -0.2) is 18.1 Å². The molecule has 0 atom stereocenters. The van der Waals surface area contributed by atoms with Gasteiger partial charge in [0, 0.05) is 18.1 Å². The number of nitrogens with zero attached hydrogens (tertiary/aromatic N) is 2. The first kappa shape index (κ1) is 13.2. The number of nitrogens with one attached hydrogen (secondary N) is 1. The van der Waals surface area contributed by atoms with Gasteiger partial charge in [0.25, 0.3) is 0 Å². The van der Waals surface area contributed by atoms with Crippen LogP contribution in [0.4, 0.5) is 5.69 Å². The van der Waals surface area contributed by atoms with Crippen molar-refractivity contribution in [3.05, 3.63) is 30.0 Å². The first-order valence-electron chi connectivity index (χ1n) is 6.50. The molecule has 0 radical (unpaired) electrons. The number of hydrogen-bond acceptors (Lipinski definition) is 4. The van der Waals surface area contributed by atoms with Crippen molar-refractivity contribution in [2.24, 2.45) is 0 Å². The van der Waals surface area contributed by atoms with E-state index in [9.17, 15) is 0 Å². The number of anilines is 1. The summed E-state index contributed by atoms with van der Waals surface area (Å²) in [6.45, 7) is 5.49. The van der Waals surface area contributed by atoms with Gasteiger partial charge in [-0.05, 0) is 19.4 Å². The molecule has 0 bridgehead atoms. The van der Waals surface area contributed by atoms with E-state index in [0.717, 1.165) is 35.3 Å². The fourth-order valence-corrected chi connectivity index (χ4v) is 1.98. The van der Waals surface area contributed by atoms with Gasteiger partial charge in [-0.3, -0.25) is 4.98 Å². The molecule has 0 aliphatic carbocycles. The van der Waals surface area contributed by atoms with Crippen LogP contribution in [-0.2, 0) is 0 Å². The molecule has 2 aromatic rings. The minimum atomic E-state index is 0.557. The lowest BCUT2D eigenvalue weighted by molar-refractivity contribution is 0.320. The van der Waals surface area contributed by atoms with E-state index in [1.807, 2.05) is 25.1 Å². The summed E-state index contributed by atoms with van der Waals surface area (Å²) in [5.41, 5.74) is 2.19. The number of hydrogen-bond donors (Lipinski definition) is 1. The summed E-state index contributed by atoms with van der Waals surface area (Å²) in [5, 5.41) is 13.3. The number of rotatable bonds is 5. The second-order valence-electron chi connectivity index (χ2n) is 4.19. The number of benzene rings is 1. The van der Waals surface area contributed by atoms with Crippen molar-refractivity contribution in [1.29, 1.82) is 5.26 Å².